The van der Waals surface area contributed by atoms with Crippen LogP contribution in [0.25, 0.3) is 5.82 Å². The maximum atomic E-state index is 14.5. The lowest BCUT2D eigenvalue weighted by Gasteiger charge is -2.51. The molecule has 10 heteroatoms. The number of allylic oxidation sites excluding steroid dienone is 1. The second-order valence-corrected chi connectivity index (χ2v) is 11.8. The Kier molecular flexibility index (Phi) is 7.00. The monoisotopic (exact) mass is 524 g/mol. The number of hydrogen-bond acceptors (Lipinski definition) is 6. The number of halogens is 3. The van der Waals surface area contributed by atoms with Gasteiger partial charge in [0.25, 0.3) is 5.92 Å². The molecule has 3 aliphatic heterocycles. The lowest BCUT2D eigenvalue weighted by Crippen LogP contribution is -2.61. The van der Waals surface area contributed by atoms with Crippen molar-refractivity contribution in [1.82, 2.24) is 19.7 Å². The first-order valence-corrected chi connectivity index (χ1v) is 13.3. The van der Waals surface area contributed by atoms with Gasteiger partial charge in [-0.3, -0.25) is 4.90 Å². The lowest BCUT2D eigenvalue weighted by atomic mass is 9.77. The molecule has 2 unspecified atom stereocenters. The molecule has 35 heavy (non-hydrogen) atoms. The Balaban J connectivity index is 1.26. The number of thioether (sulfide) groups is 1. The molecule has 0 bridgehead atoms. The summed E-state index contributed by atoms with van der Waals surface area (Å²) in [5.41, 5.74) is 2.50. The van der Waals surface area contributed by atoms with Crippen LogP contribution in [0, 0.1) is 12.8 Å². The van der Waals surface area contributed by atoms with E-state index in [1.807, 2.05) is 43.8 Å². The van der Waals surface area contributed by atoms with E-state index in [1.54, 1.807) is 6.20 Å². The fourth-order valence-electron chi connectivity index (χ4n) is 5.18. The smallest absolute Gasteiger partial charge is 0.278 e. The van der Waals surface area contributed by atoms with Gasteiger partial charge in [-0.2, -0.15) is 5.10 Å². The first kappa shape index (κ1) is 25.1. The third-order valence-electron chi connectivity index (χ3n) is 7.19. The number of fused-ring (bicyclic) bond motifs is 2. The van der Waals surface area contributed by atoms with Gasteiger partial charge in [0, 0.05) is 43.2 Å². The van der Waals surface area contributed by atoms with Crippen LogP contribution in [0.3, 0.4) is 0 Å². The van der Waals surface area contributed by atoms with Gasteiger partial charge in [-0.15, -0.1) is 11.8 Å². The Morgan fingerprint density at radius 3 is 2.80 bits per heavy atom. The number of pyridine rings is 1. The summed E-state index contributed by atoms with van der Waals surface area (Å²) in [4.78, 5) is 6.89. The highest BCUT2D eigenvalue weighted by Crippen LogP contribution is 2.56. The maximum absolute atomic E-state index is 14.5. The van der Waals surface area contributed by atoms with Crippen molar-refractivity contribution < 1.29 is 18.3 Å². The molecule has 2 fully saturated rings. The van der Waals surface area contributed by atoms with Gasteiger partial charge >= 0.3 is 0 Å². The number of rotatable bonds is 6. The van der Waals surface area contributed by atoms with Crippen LogP contribution in [0.15, 0.2) is 35.0 Å². The molecule has 5 rings (SSSR count). The third-order valence-corrected chi connectivity index (χ3v) is 8.92. The Bertz CT molecular complexity index is 1100. The summed E-state index contributed by atoms with van der Waals surface area (Å²) in [7, 11) is 0. The van der Waals surface area contributed by atoms with Crippen LogP contribution in [-0.2, 0) is 22.6 Å². The molecule has 0 radical (unpaired) electrons. The Labute approximate surface area is 214 Å². The molecule has 0 aliphatic carbocycles. The molecule has 2 atom stereocenters. The second-order valence-electron chi connectivity index (χ2n) is 9.96. The number of hydrogen-bond donors (Lipinski definition) is 0. The number of alkyl halides is 2. The molecule has 2 aromatic heterocycles. The van der Waals surface area contributed by atoms with Crippen molar-refractivity contribution >= 4 is 23.4 Å². The van der Waals surface area contributed by atoms with Gasteiger partial charge in [0.2, 0.25) is 0 Å². The first-order chi connectivity index (χ1) is 16.7. The zero-order chi connectivity index (χ0) is 24.8. The summed E-state index contributed by atoms with van der Waals surface area (Å²) in [6.07, 6.45) is 6.87. The molecule has 0 N–H and O–H groups in total. The summed E-state index contributed by atoms with van der Waals surface area (Å²) in [6.45, 7) is 8.25. The molecule has 6 nitrogen and oxygen atoms in total. The van der Waals surface area contributed by atoms with E-state index >= 15 is 0 Å². The van der Waals surface area contributed by atoms with Crippen molar-refractivity contribution in [1.29, 1.82) is 0 Å². The van der Waals surface area contributed by atoms with Gasteiger partial charge in [0.05, 0.1) is 39.5 Å². The standard InChI is InChI=1S/C25H31ClF2N4O2S/c1-16(2)33-14-18-5-4-8-29-23(18)32-13-19(17(3)30-32)12-31-9-6-24(7-10-31)22-20(11-21(26)35-22)25(27,28)15-34-24/h4-5,8,11,13,16,20,22H,6-7,9-10,12,14-15H2,1-3H3. The van der Waals surface area contributed by atoms with Crippen molar-refractivity contribution in [3.63, 3.8) is 0 Å². The van der Waals surface area contributed by atoms with E-state index in [2.05, 4.69) is 9.88 Å². The molecule has 0 aromatic carbocycles. The number of aromatic nitrogens is 3. The fourth-order valence-corrected chi connectivity index (χ4v) is 7.02. The van der Waals surface area contributed by atoms with Crippen molar-refractivity contribution in [2.45, 2.75) is 69.6 Å². The Hall–Kier alpha value is -1.52. The van der Waals surface area contributed by atoms with E-state index in [4.69, 9.17) is 26.2 Å². The van der Waals surface area contributed by atoms with E-state index < -0.39 is 24.0 Å². The molecule has 5 heterocycles. The van der Waals surface area contributed by atoms with Crippen LogP contribution >= 0.6 is 23.4 Å². The van der Waals surface area contributed by atoms with Gasteiger partial charge in [0.15, 0.2) is 5.82 Å². The number of likely N-dealkylation sites (tertiary alicyclic amines) is 1. The zero-order valence-electron chi connectivity index (χ0n) is 20.2. The molecule has 2 saturated heterocycles. The van der Waals surface area contributed by atoms with E-state index in [-0.39, 0.29) is 11.4 Å². The third kappa shape index (κ3) is 5.03. The number of aryl methyl sites for hydroxylation is 1. The topological polar surface area (TPSA) is 52.4 Å². The molecule has 190 valence electrons. The predicted octanol–water partition coefficient (Wildman–Crippen LogP) is 5.31. The second kappa shape index (κ2) is 9.74. The zero-order valence-corrected chi connectivity index (χ0v) is 21.8. The summed E-state index contributed by atoms with van der Waals surface area (Å²) < 4.78 is 42.9. The van der Waals surface area contributed by atoms with E-state index in [0.29, 0.717) is 23.8 Å². The van der Waals surface area contributed by atoms with Crippen LogP contribution in [0.1, 0.15) is 43.5 Å². The molecular formula is C25H31ClF2N4O2S. The van der Waals surface area contributed by atoms with Crippen LogP contribution in [0.5, 0.6) is 0 Å². The van der Waals surface area contributed by atoms with Crippen LogP contribution in [-0.4, -0.2) is 62.2 Å². The highest BCUT2D eigenvalue weighted by Gasteiger charge is 2.60. The van der Waals surface area contributed by atoms with Gasteiger partial charge < -0.3 is 9.47 Å². The Morgan fingerprint density at radius 1 is 1.29 bits per heavy atom. The first-order valence-electron chi connectivity index (χ1n) is 12.1. The quantitative estimate of drug-likeness (QED) is 0.510. The van der Waals surface area contributed by atoms with Gasteiger partial charge in [-0.05, 0) is 45.8 Å². The van der Waals surface area contributed by atoms with Crippen LogP contribution in [0.2, 0.25) is 0 Å². The van der Waals surface area contributed by atoms with Gasteiger partial charge in [0.1, 0.15) is 6.61 Å². The normalized spacial score (nSPS) is 25.7. The highest BCUT2D eigenvalue weighted by molar-refractivity contribution is 8.05. The van der Waals surface area contributed by atoms with Crippen molar-refractivity contribution in [3.05, 3.63) is 51.8 Å². The fraction of sp³-hybridized carbons (Fsp3) is 0.600. The SMILES string of the molecule is Cc1nn(-c2ncccc2COC(C)C)cc1CN1CCC2(CC1)OCC(F)(F)C1C=C(Cl)SC12. The minimum absolute atomic E-state index is 0.129. The summed E-state index contributed by atoms with van der Waals surface area (Å²) in [5.74, 6) is -2.95. The minimum Gasteiger partial charge on any atom is -0.374 e. The average Bonchev–Trinajstić information content (AvgIpc) is 3.41. The van der Waals surface area contributed by atoms with Crippen LogP contribution in [0.4, 0.5) is 8.78 Å². The van der Waals surface area contributed by atoms with Gasteiger partial charge in [-0.25, -0.2) is 18.4 Å². The summed E-state index contributed by atoms with van der Waals surface area (Å²) in [5, 5.41) is 4.39. The number of ether oxygens (including phenoxy) is 2. The number of piperidine rings is 1. The molecule has 3 aliphatic rings. The highest BCUT2D eigenvalue weighted by atomic mass is 35.5. The van der Waals surface area contributed by atoms with E-state index in [1.165, 1.54) is 17.8 Å². The van der Waals surface area contributed by atoms with Crippen molar-refractivity contribution in [2.24, 2.45) is 5.92 Å². The predicted molar refractivity (Wildman–Crippen MR) is 133 cm³/mol. The number of nitrogens with zero attached hydrogens (tertiary/aromatic N) is 4. The molecule has 0 amide bonds. The van der Waals surface area contributed by atoms with Gasteiger partial charge in [-0.1, -0.05) is 17.7 Å². The van der Waals surface area contributed by atoms with Crippen molar-refractivity contribution in [3.8, 4) is 5.82 Å². The molecule has 1 spiro atoms. The van der Waals surface area contributed by atoms with Crippen molar-refractivity contribution in [2.75, 3.05) is 19.7 Å². The van der Waals surface area contributed by atoms with Crippen LogP contribution < -0.4 is 0 Å². The molecule has 0 saturated carbocycles. The lowest BCUT2D eigenvalue weighted by molar-refractivity contribution is -0.215. The molecular weight excluding hydrogens is 494 g/mol. The summed E-state index contributed by atoms with van der Waals surface area (Å²) in [6, 6.07) is 3.91. The average molecular weight is 525 g/mol. The summed E-state index contributed by atoms with van der Waals surface area (Å²) >= 11 is 7.52. The Morgan fingerprint density at radius 2 is 2.06 bits per heavy atom. The van der Waals surface area contributed by atoms with E-state index in [9.17, 15) is 8.78 Å². The largest absolute Gasteiger partial charge is 0.374 e. The molecule has 2 aromatic rings. The maximum Gasteiger partial charge on any atom is 0.278 e. The van der Waals surface area contributed by atoms with E-state index in [0.717, 1.165) is 42.3 Å². The minimum atomic E-state index is -2.87.